The monoisotopic (exact) mass is 300 g/mol. The highest BCUT2D eigenvalue weighted by atomic mass is 35.5. The van der Waals surface area contributed by atoms with Crippen LogP contribution in [0.1, 0.15) is 23.6 Å². The molecule has 0 saturated carbocycles. The van der Waals surface area contributed by atoms with Crippen LogP contribution in [0.5, 0.6) is 5.75 Å². The second-order valence-corrected chi connectivity index (χ2v) is 5.78. The van der Waals surface area contributed by atoms with Gasteiger partial charge >= 0.3 is 0 Å². The Balaban J connectivity index is 2.28. The topological polar surface area (TPSA) is 26.5 Å². The van der Waals surface area contributed by atoms with Crippen molar-refractivity contribution in [1.29, 1.82) is 0 Å². The van der Waals surface area contributed by atoms with Crippen LogP contribution >= 0.6 is 11.6 Å². The zero-order chi connectivity index (χ0) is 15.0. The smallest absolute Gasteiger partial charge is 0.137 e. The average molecular weight is 301 g/mol. The number of ether oxygens (including phenoxy) is 1. The summed E-state index contributed by atoms with van der Waals surface area (Å²) in [5.41, 5.74) is 5.00. The second-order valence-electron chi connectivity index (χ2n) is 5.13. The van der Waals surface area contributed by atoms with E-state index in [2.05, 4.69) is 23.6 Å². The lowest BCUT2D eigenvalue weighted by Crippen LogP contribution is -1.96. The number of rotatable bonds is 3. The number of hydrogen-bond acceptors (Lipinski definition) is 2. The van der Waals surface area contributed by atoms with E-state index in [1.54, 1.807) is 7.11 Å². The molecule has 0 aliphatic heterocycles. The van der Waals surface area contributed by atoms with Crippen LogP contribution in [-0.2, 0) is 0 Å². The molecule has 0 saturated heterocycles. The molecule has 0 radical (unpaired) electrons. The second kappa shape index (κ2) is 5.41. The average Bonchev–Trinajstić information content (AvgIpc) is 2.86. The number of fused-ring (bicyclic) bond motifs is 1. The van der Waals surface area contributed by atoms with Crippen LogP contribution in [0.2, 0.25) is 0 Å². The summed E-state index contributed by atoms with van der Waals surface area (Å²) < 4.78 is 7.37. The maximum Gasteiger partial charge on any atom is 0.137 e. The summed E-state index contributed by atoms with van der Waals surface area (Å²) in [6.07, 6.45) is 2.07. The molecule has 1 aromatic carbocycles. The number of methoxy groups -OCH3 is 1. The molecule has 4 heteroatoms. The molecule has 3 aromatic rings. The summed E-state index contributed by atoms with van der Waals surface area (Å²) in [7, 11) is 1.66. The van der Waals surface area contributed by atoms with Crippen LogP contribution in [0.3, 0.4) is 0 Å². The van der Waals surface area contributed by atoms with Gasteiger partial charge in [-0.1, -0.05) is 18.2 Å². The minimum atomic E-state index is -0.136. The van der Waals surface area contributed by atoms with Crippen molar-refractivity contribution in [1.82, 2.24) is 9.38 Å². The lowest BCUT2D eigenvalue weighted by Gasteiger charge is -2.08. The molecular formula is C17H17ClN2O. The number of imidazole rings is 1. The fraction of sp³-hybridized carbons (Fsp3) is 0.235. The van der Waals surface area contributed by atoms with Gasteiger partial charge in [-0.3, -0.25) is 0 Å². The minimum absolute atomic E-state index is 0.136. The minimum Gasteiger partial charge on any atom is -0.497 e. The van der Waals surface area contributed by atoms with Crippen molar-refractivity contribution in [2.45, 2.75) is 19.2 Å². The fourth-order valence-corrected chi connectivity index (χ4v) is 2.74. The van der Waals surface area contributed by atoms with Gasteiger partial charge in [0, 0.05) is 11.8 Å². The van der Waals surface area contributed by atoms with E-state index in [1.807, 2.05) is 37.3 Å². The van der Waals surface area contributed by atoms with Gasteiger partial charge in [-0.2, -0.15) is 0 Å². The molecule has 108 valence electrons. The van der Waals surface area contributed by atoms with Crippen molar-refractivity contribution in [3.63, 3.8) is 0 Å². The third-order valence-electron chi connectivity index (χ3n) is 3.52. The molecule has 0 amide bonds. The Hall–Kier alpha value is -2.00. The SMILES string of the molecule is COc1cccc(-c2nc3ccc(C)cn3c2C(C)Cl)c1. The molecule has 0 bridgehead atoms. The van der Waals surface area contributed by atoms with Crippen LogP contribution in [0.15, 0.2) is 42.6 Å². The lowest BCUT2D eigenvalue weighted by molar-refractivity contribution is 0.415. The van der Waals surface area contributed by atoms with Crippen molar-refractivity contribution in [3.05, 3.63) is 53.9 Å². The summed E-state index contributed by atoms with van der Waals surface area (Å²) in [5.74, 6) is 0.814. The summed E-state index contributed by atoms with van der Waals surface area (Å²) in [4.78, 5) is 4.74. The standard InChI is InChI=1S/C17H17ClN2O/c1-11-7-8-15-19-16(17(12(2)18)20(15)10-11)13-5-4-6-14(9-13)21-3/h4-10,12H,1-3H3. The Morgan fingerprint density at radius 1 is 1.24 bits per heavy atom. The third kappa shape index (κ3) is 2.49. The first-order chi connectivity index (χ1) is 10.1. The normalized spacial score (nSPS) is 12.6. The Morgan fingerprint density at radius 3 is 2.76 bits per heavy atom. The first-order valence-corrected chi connectivity index (χ1v) is 7.31. The number of benzene rings is 1. The number of aromatic nitrogens is 2. The zero-order valence-corrected chi connectivity index (χ0v) is 13.1. The Kier molecular flexibility index (Phi) is 3.60. The molecule has 0 aliphatic rings. The van der Waals surface area contributed by atoms with Gasteiger partial charge in [-0.25, -0.2) is 4.98 Å². The van der Waals surface area contributed by atoms with Crippen LogP contribution in [-0.4, -0.2) is 16.5 Å². The summed E-state index contributed by atoms with van der Waals surface area (Å²) in [6.45, 7) is 4.03. The van der Waals surface area contributed by atoms with Gasteiger partial charge in [0.05, 0.1) is 23.9 Å². The molecule has 1 unspecified atom stereocenters. The van der Waals surface area contributed by atoms with Crippen molar-refractivity contribution in [3.8, 4) is 17.0 Å². The van der Waals surface area contributed by atoms with E-state index in [-0.39, 0.29) is 5.38 Å². The molecule has 0 spiro atoms. The van der Waals surface area contributed by atoms with Crippen LogP contribution in [0, 0.1) is 6.92 Å². The van der Waals surface area contributed by atoms with Gasteiger partial charge < -0.3 is 9.14 Å². The molecule has 0 N–H and O–H groups in total. The van der Waals surface area contributed by atoms with E-state index in [9.17, 15) is 0 Å². The highest BCUT2D eigenvalue weighted by molar-refractivity contribution is 6.20. The maximum atomic E-state index is 6.41. The van der Waals surface area contributed by atoms with E-state index in [0.717, 1.165) is 28.3 Å². The van der Waals surface area contributed by atoms with Crippen molar-refractivity contribution in [2.24, 2.45) is 0 Å². The molecule has 0 aliphatic carbocycles. The van der Waals surface area contributed by atoms with E-state index < -0.39 is 0 Å². The highest BCUT2D eigenvalue weighted by Gasteiger charge is 2.18. The van der Waals surface area contributed by atoms with E-state index in [0.29, 0.717) is 0 Å². The Bertz CT molecular complexity index is 793. The number of nitrogens with zero attached hydrogens (tertiary/aromatic N) is 2. The van der Waals surface area contributed by atoms with Crippen molar-refractivity contribution in [2.75, 3.05) is 7.11 Å². The van der Waals surface area contributed by atoms with Gasteiger partial charge in [0.2, 0.25) is 0 Å². The Labute approximate surface area is 129 Å². The molecule has 2 aromatic heterocycles. The van der Waals surface area contributed by atoms with Crippen molar-refractivity contribution < 1.29 is 4.74 Å². The first-order valence-electron chi connectivity index (χ1n) is 6.87. The number of halogens is 1. The first kappa shape index (κ1) is 14.0. The predicted octanol–water partition coefficient (Wildman–Crippen LogP) is 4.62. The maximum absolute atomic E-state index is 6.41. The van der Waals surface area contributed by atoms with Crippen molar-refractivity contribution >= 4 is 17.2 Å². The molecule has 0 fully saturated rings. The van der Waals surface area contributed by atoms with E-state index in [1.165, 1.54) is 5.56 Å². The zero-order valence-electron chi connectivity index (χ0n) is 12.3. The fourth-order valence-electron chi connectivity index (χ4n) is 2.53. The summed E-state index contributed by atoms with van der Waals surface area (Å²) in [6, 6.07) is 12.0. The van der Waals surface area contributed by atoms with Crippen LogP contribution in [0.25, 0.3) is 16.9 Å². The Morgan fingerprint density at radius 2 is 2.05 bits per heavy atom. The summed E-state index contributed by atoms with van der Waals surface area (Å²) >= 11 is 6.41. The van der Waals surface area contributed by atoms with Crippen LogP contribution < -0.4 is 4.74 Å². The third-order valence-corrected chi connectivity index (χ3v) is 3.73. The largest absolute Gasteiger partial charge is 0.497 e. The predicted molar refractivity (Wildman–Crippen MR) is 86.2 cm³/mol. The van der Waals surface area contributed by atoms with Gasteiger partial charge in [0.25, 0.3) is 0 Å². The number of pyridine rings is 1. The molecule has 21 heavy (non-hydrogen) atoms. The molecule has 1 atom stereocenters. The lowest BCUT2D eigenvalue weighted by atomic mass is 10.1. The molecule has 2 heterocycles. The molecular weight excluding hydrogens is 284 g/mol. The number of hydrogen-bond donors (Lipinski definition) is 0. The summed E-state index contributed by atoms with van der Waals surface area (Å²) in [5, 5.41) is -0.136. The van der Waals surface area contributed by atoms with E-state index in [4.69, 9.17) is 21.3 Å². The van der Waals surface area contributed by atoms with E-state index >= 15 is 0 Å². The van der Waals surface area contributed by atoms with Gasteiger partial charge in [-0.15, -0.1) is 11.6 Å². The molecule has 3 nitrogen and oxygen atoms in total. The van der Waals surface area contributed by atoms with Gasteiger partial charge in [0.1, 0.15) is 11.4 Å². The highest BCUT2D eigenvalue weighted by Crippen LogP contribution is 2.33. The quantitative estimate of drug-likeness (QED) is 0.660. The van der Waals surface area contributed by atoms with Crippen LogP contribution in [0.4, 0.5) is 0 Å². The van der Waals surface area contributed by atoms with Gasteiger partial charge in [-0.05, 0) is 37.6 Å². The number of aryl methyl sites for hydroxylation is 1. The molecule has 3 rings (SSSR count). The number of alkyl halides is 1. The van der Waals surface area contributed by atoms with Gasteiger partial charge in [0.15, 0.2) is 0 Å².